The van der Waals surface area contributed by atoms with Crippen LogP contribution in [0.25, 0.3) is 0 Å². The van der Waals surface area contributed by atoms with Gasteiger partial charge in [0.15, 0.2) is 0 Å². The summed E-state index contributed by atoms with van der Waals surface area (Å²) in [5, 5.41) is 0. The molecule has 2 aliphatic rings. The number of likely N-dealkylation sites (N-methyl/N-ethyl adjacent to an activating group) is 1. The molecule has 94 valence electrons. The van der Waals surface area contributed by atoms with Gasteiger partial charge in [0.1, 0.15) is 0 Å². The van der Waals surface area contributed by atoms with Crippen molar-refractivity contribution in [1.82, 2.24) is 4.90 Å². The normalized spacial score (nSPS) is 29.1. The van der Waals surface area contributed by atoms with E-state index in [2.05, 4.69) is 11.9 Å². The highest BCUT2D eigenvalue weighted by Gasteiger charge is 2.32. The maximum absolute atomic E-state index is 6.23. The highest BCUT2D eigenvalue weighted by Crippen LogP contribution is 2.32. The zero-order valence-corrected chi connectivity index (χ0v) is 10.6. The van der Waals surface area contributed by atoms with Crippen LogP contribution in [0.4, 0.5) is 0 Å². The lowest BCUT2D eigenvalue weighted by atomic mass is 9.75. The first-order valence-electron chi connectivity index (χ1n) is 6.77. The van der Waals surface area contributed by atoms with Gasteiger partial charge in [0, 0.05) is 18.7 Å². The van der Waals surface area contributed by atoms with E-state index in [1.54, 1.807) is 0 Å². The van der Waals surface area contributed by atoms with Crippen LogP contribution in [0.3, 0.4) is 0 Å². The summed E-state index contributed by atoms with van der Waals surface area (Å²) in [5.74, 6) is 0. The van der Waals surface area contributed by atoms with Crippen molar-refractivity contribution in [2.75, 3.05) is 26.7 Å². The standard InChI is InChI=1S/C13H26N2O/c1-15(9-8-13(14)6-4-7-13)11-12-5-2-3-10-16-12/h12H,2-11,14H2,1H3. The summed E-state index contributed by atoms with van der Waals surface area (Å²) in [6.45, 7) is 3.16. The van der Waals surface area contributed by atoms with E-state index in [4.69, 9.17) is 10.5 Å². The van der Waals surface area contributed by atoms with Crippen molar-refractivity contribution in [2.45, 2.75) is 56.6 Å². The first kappa shape index (κ1) is 12.3. The molecular weight excluding hydrogens is 200 g/mol. The van der Waals surface area contributed by atoms with E-state index in [-0.39, 0.29) is 5.54 Å². The van der Waals surface area contributed by atoms with Crippen molar-refractivity contribution in [2.24, 2.45) is 5.73 Å². The van der Waals surface area contributed by atoms with Gasteiger partial charge in [-0.3, -0.25) is 0 Å². The van der Waals surface area contributed by atoms with Gasteiger partial charge in [0.25, 0.3) is 0 Å². The van der Waals surface area contributed by atoms with Gasteiger partial charge in [-0.2, -0.15) is 0 Å². The number of rotatable bonds is 5. The van der Waals surface area contributed by atoms with Crippen LogP contribution in [0.5, 0.6) is 0 Å². The summed E-state index contributed by atoms with van der Waals surface area (Å²) in [6, 6.07) is 0. The fourth-order valence-corrected chi connectivity index (χ4v) is 2.68. The zero-order chi connectivity index (χ0) is 11.4. The van der Waals surface area contributed by atoms with Crippen LogP contribution in [-0.2, 0) is 4.74 Å². The van der Waals surface area contributed by atoms with Gasteiger partial charge in [-0.25, -0.2) is 0 Å². The molecule has 1 aliphatic heterocycles. The van der Waals surface area contributed by atoms with Crippen molar-refractivity contribution in [1.29, 1.82) is 0 Å². The molecule has 1 heterocycles. The summed E-state index contributed by atoms with van der Waals surface area (Å²) in [6.07, 6.45) is 9.20. The predicted octanol–water partition coefficient (Wildman–Crippen LogP) is 1.76. The highest BCUT2D eigenvalue weighted by molar-refractivity contribution is 4.92. The van der Waals surface area contributed by atoms with Crippen molar-refractivity contribution in [3.63, 3.8) is 0 Å². The topological polar surface area (TPSA) is 38.5 Å². The highest BCUT2D eigenvalue weighted by atomic mass is 16.5. The largest absolute Gasteiger partial charge is 0.377 e. The Kier molecular flexibility index (Phi) is 4.22. The van der Waals surface area contributed by atoms with Crippen LogP contribution < -0.4 is 5.73 Å². The van der Waals surface area contributed by atoms with E-state index in [9.17, 15) is 0 Å². The van der Waals surface area contributed by atoms with Gasteiger partial charge in [-0.15, -0.1) is 0 Å². The third kappa shape index (κ3) is 3.44. The smallest absolute Gasteiger partial charge is 0.0701 e. The maximum atomic E-state index is 6.23. The fourth-order valence-electron chi connectivity index (χ4n) is 2.68. The maximum Gasteiger partial charge on any atom is 0.0701 e. The second kappa shape index (κ2) is 5.48. The Balaban J connectivity index is 1.61. The van der Waals surface area contributed by atoms with Crippen LogP contribution in [0.1, 0.15) is 44.9 Å². The third-order valence-corrected chi connectivity index (χ3v) is 4.13. The number of nitrogens with two attached hydrogens (primary N) is 1. The quantitative estimate of drug-likeness (QED) is 0.776. The lowest BCUT2D eigenvalue weighted by Crippen LogP contribution is -2.49. The van der Waals surface area contributed by atoms with Gasteiger partial charge in [0.05, 0.1) is 6.10 Å². The molecule has 2 fully saturated rings. The minimum atomic E-state index is 0.168. The summed E-state index contributed by atoms with van der Waals surface area (Å²) in [5.41, 5.74) is 6.39. The average Bonchev–Trinajstić information content (AvgIpc) is 2.25. The Morgan fingerprint density at radius 3 is 2.69 bits per heavy atom. The Morgan fingerprint density at radius 1 is 1.31 bits per heavy atom. The van der Waals surface area contributed by atoms with E-state index in [1.807, 2.05) is 0 Å². The van der Waals surface area contributed by atoms with Gasteiger partial charge >= 0.3 is 0 Å². The van der Waals surface area contributed by atoms with Crippen LogP contribution in [0, 0.1) is 0 Å². The van der Waals surface area contributed by atoms with Gasteiger partial charge < -0.3 is 15.4 Å². The van der Waals surface area contributed by atoms with E-state index < -0.39 is 0 Å². The molecule has 16 heavy (non-hydrogen) atoms. The number of hydrogen-bond acceptors (Lipinski definition) is 3. The number of hydrogen-bond donors (Lipinski definition) is 1. The molecule has 1 atom stereocenters. The minimum Gasteiger partial charge on any atom is -0.377 e. The van der Waals surface area contributed by atoms with E-state index >= 15 is 0 Å². The molecule has 3 heteroatoms. The fraction of sp³-hybridized carbons (Fsp3) is 1.00. The minimum absolute atomic E-state index is 0.168. The molecule has 0 radical (unpaired) electrons. The van der Waals surface area contributed by atoms with Crippen molar-refractivity contribution in [3.05, 3.63) is 0 Å². The first-order valence-corrected chi connectivity index (χ1v) is 6.77. The van der Waals surface area contributed by atoms with Crippen LogP contribution in [-0.4, -0.2) is 43.3 Å². The van der Waals surface area contributed by atoms with Gasteiger partial charge in [-0.1, -0.05) is 0 Å². The summed E-state index contributed by atoms with van der Waals surface area (Å²) < 4.78 is 5.75. The lowest BCUT2D eigenvalue weighted by Gasteiger charge is -2.39. The molecule has 0 spiro atoms. The molecule has 1 saturated heterocycles. The predicted molar refractivity (Wildman–Crippen MR) is 66.5 cm³/mol. The summed E-state index contributed by atoms with van der Waals surface area (Å²) in [7, 11) is 2.19. The van der Waals surface area contributed by atoms with Crippen LogP contribution in [0.15, 0.2) is 0 Å². The summed E-state index contributed by atoms with van der Waals surface area (Å²) in [4.78, 5) is 2.39. The van der Waals surface area contributed by atoms with Crippen LogP contribution >= 0.6 is 0 Å². The van der Waals surface area contributed by atoms with Crippen LogP contribution in [0.2, 0.25) is 0 Å². The molecule has 0 aromatic rings. The van der Waals surface area contributed by atoms with Gasteiger partial charge in [0.2, 0.25) is 0 Å². The Hall–Kier alpha value is -0.120. The average molecular weight is 226 g/mol. The molecule has 2 rings (SSSR count). The monoisotopic (exact) mass is 226 g/mol. The Morgan fingerprint density at radius 2 is 2.12 bits per heavy atom. The molecule has 0 aromatic carbocycles. The van der Waals surface area contributed by atoms with Crippen molar-refractivity contribution >= 4 is 0 Å². The van der Waals surface area contributed by atoms with E-state index in [0.29, 0.717) is 6.10 Å². The van der Waals surface area contributed by atoms with E-state index in [1.165, 1.54) is 38.5 Å². The molecular formula is C13H26N2O. The molecule has 0 aromatic heterocycles. The lowest BCUT2D eigenvalue weighted by molar-refractivity contribution is -0.00297. The second-order valence-electron chi connectivity index (χ2n) is 5.72. The Labute approximate surface area is 99.3 Å². The molecule has 2 N–H and O–H groups in total. The molecule has 1 unspecified atom stereocenters. The molecule has 0 bridgehead atoms. The number of nitrogens with zero attached hydrogens (tertiary/aromatic N) is 1. The summed E-state index contributed by atoms with van der Waals surface area (Å²) >= 11 is 0. The van der Waals surface area contributed by atoms with Gasteiger partial charge in [-0.05, 0) is 58.5 Å². The van der Waals surface area contributed by atoms with Crippen molar-refractivity contribution < 1.29 is 4.74 Å². The molecule has 0 amide bonds. The molecule has 1 saturated carbocycles. The van der Waals surface area contributed by atoms with Crippen molar-refractivity contribution in [3.8, 4) is 0 Å². The Bertz CT molecular complexity index is 210. The number of ether oxygens (including phenoxy) is 1. The van der Waals surface area contributed by atoms with E-state index in [0.717, 1.165) is 26.1 Å². The second-order valence-corrected chi connectivity index (χ2v) is 5.72. The third-order valence-electron chi connectivity index (χ3n) is 4.13. The first-order chi connectivity index (χ1) is 7.68. The molecule has 1 aliphatic carbocycles. The SMILES string of the molecule is CN(CCC1(N)CCC1)CC1CCCCO1. The zero-order valence-electron chi connectivity index (χ0n) is 10.6. The molecule has 3 nitrogen and oxygen atoms in total.